The molecule has 148 valence electrons. The average molecular weight is 395 g/mol. The maximum absolute atomic E-state index is 11.3. The van der Waals surface area contributed by atoms with Crippen LogP contribution in [0.5, 0.6) is 5.88 Å². The van der Waals surface area contributed by atoms with Gasteiger partial charge in [0.05, 0.1) is 31.9 Å². The second-order valence-electron chi connectivity index (χ2n) is 7.44. The van der Waals surface area contributed by atoms with E-state index in [4.69, 9.17) is 13.6 Å². The minimum absolute atomic E-state index is 0.557. The number of likely N-dealkylation sites (N-methyl/N-ethyl adjacent to an activating group) is 1. The highest BCUT2D eigenvalue weighted by atomic mass is 32.1. The van der Waals surface area contributed by atoms with Gasteiger partial charge in [0, 0.05) is 12.0 Å². The Balaban J connectivity index is 1.66. The molecule has 0 saturated carbocycles. The van der Waals surface area contributed by atoms with Gasteiger partial charge in [-0.25, -0.2) is 4.79 Å². The smallest absolute Gasteiger partial charge is 0.475 e. The minimum atomic E-state index is -0.635. The fraction of sp³-hybridized carbons (Fsp3) is 0.632. The van der Waals surface area contributed by atoms with Crippen LogP contribution < -0.4 is 10.6 Å². The van der Waals surface area contributed by atoms with E-state index in [0.717, 1.165) is 41.7 Å². The number of rotatable bonds is 9. The third-order valence-corrected chi connectivity index (χ3v) is 5.48. The van der Waals surface area contributed by atoms with Crippen LogP contribution in [0, 0.1) is 6.92 Å². The van der Waals surface area contributed by atoms with Gasteiger partial charge in [0.15, 0.2) is 5.76 Å². The van der Waals surface area contributed by atoms with Crippen LogP contribution in [0.4, 0.5) is 0 Å². The first-order valence-electron chi connectivity index (χ1n) is 9.58. The molecule has 0 fully saturated rings. The largest absolute Gasteiger partial charge is 0.519 e. The van der Waals surface area contributed by atoms with Gasteiger partial charge in [0.2, 0.25) is 5.76 Å². The fourth-order valence-corrected chi connectivity index (χ4v) is 3.98. The monoisotopic (exact) mass is 394 g/mol. The third kappa shape index (κ3) is 5.07. The lowest BCUT2D eigenvalue weighted by Gasteiger charge is -2.36. The second-order valence-corrected chi connectivity index (χ2v) is 7.97. The van der Waals surface area contributed by atoms with Crippen molar-refractivity contribution in [3.63, 3.8) is 0 Å². The Morgan fingerprint density at radius 1 is 1.26 bits per heavy atom. The van der Waals surface area contributed by atoms with Crippen LogP contribution >= 0.6 is 11.7 Å². The van der Waals surface area contributed by atoms with Crippen LogP contribution in [0.3, 0.4) is 0 Å². The predicted octanol–water partition coefficient (Wildman–Crippen LogP) is 3.79. The predicted molar refractivity (Wildman–Crippen MR) is 104 cm³/mol. The number of quaternary nitrogens is 1. The minimum Gasteiger partial charge on any atom is -0.475 e. The molecule has 0 N–H and O–H groups in total. The van der Waals surface area contributed by atoms with Crippen molar-refractivity contribution < 1.29 is 18.1 Å². The Bertz CT molecular complexity index is 838. The summed E-state index contributed by atoms with van der Waals surface area (Å²) in [4.78, 5) is 11.3. The molecule has 7 nitrogen and oxygen atoms in total. The molecular formula is C19H28N3O4S+. The number of aryl methyl sites for hydroxylation is 1. The lowest BCUT2D eigenvalue weighted by Crippen LogP contribution is -2.46. The van der Waals surface area contributed by atoms with Gasteiger partial charge in [-0.15, -0.1) is 4.37 Å². The standard InChI is InChI=1S/C19H28N3O4S/c1-4-5-6-7-11-24-18-17(20-27-21-18)15-9-8-10-22(3,12-15)13-16-14(2)25-19(23)26-16/h9H,4-8,10-13H2,1-3H3/q+1. The molecule has 1 atom stereocenters. The molecule has 0 aromatic carbocycles. The Labute approximate surface area is 163 Å². The molecule has 8 heteroatoms. The van der Waals surface area contributed by atoms with E-state index in [2.05, 4.69) is 28.8 Å². The Hall–Kier alpha value is -1.93. The lowest BCUT2D eigenvalue weighted by molar-refractivity contribution is -0.917. The summed E-state index contributed by atoms with van der Waals surface area (Å²) >= 11 is 1.19. The normalized spacial score (nSPS) is 19.9. The highest BCUT2D eigenvalue weighted by Crippen LogP contribution is 2.31. The van der Waals surface area contributed by atoms with Gasteiger partial charge in [0.25, 0.3) is 5.88 Å². The average Bonchev–Trinajstić information content (AvgIpc) is 3.21. The summed E-state index contributed by atoms with van der Waals surface area (Å²) in [6.45, 7) is 7.00. The van der Waals surface area contributed by atoms with Gasteiger partial charge >= 0.3 is 5.82 Å². The quantitative estimate of drug-likeness (QED) is 0.476. The zero-order chi connectivity index (χ0) is 19.3. The number of nitrogens with zero attached hydrogens (tertiary/aromatic N) is 3. The van der Waals surface area contributed by atoms with E-state index in [9.17, 15) is 4.79 Å². The van der Waals surface area contributed by atoms with Crippen LogP contribution in [0.2, 0.25) is 0 Å². The highest BCUT2D eigenvalue weighted by Gasteiger charge is 2.32. The molecule has 0 bridgehead atoms. The molecular weight excluding hydrogens is 366 g/mol. The van der Waals surface area contributed by atoms with E-state index in [1.54, 1.807) is 6.92 Å². The number of unbranched alkanes of at least 4 members (excludes halogenated alkanes) is 3. The number of aromatic nitrogens is 2. The molecule has 1 aliphatic heterocycles. The van der Waals surface area contributed by atoms with Crippen LogP contribution in [0.15, 0.2) is 19.7 Å². The van der Waals surface area contributed by atoms with Gasteiger partial charge in [-0.2, -0.15) is 4.37 Å². The molecule has 0 amide bonds. The van der Waals surface area contributed by atoms with E-state index < -0.39 is 5.82 Å². The zero-order valence-corrected chi connectivity index (χ0v) is 17.1. The van der Waals surface area contributed by atoms with Crippen molar-refractivity contribution in [2.75, 3.05) is 26.7 Å². The summed E-state index contributed by atoms with van der Waals surface area (Å²) < 4.78 is 25.7. The SMILES string of the molecule is CCCCCCOc1nsnc1C1=CCC[N+](C)(Cc2oc(=O)oc2C)C1. The molecule has 27 heavy (non-hydrogen) atoms. The number of hydrogen-bond donors (Lipinski definition) is 0. The summed E-state index contributed by atoms with van der Waals surface area (Å²) in [6.07, 6.45) is 7.81. The molecule has 0 spiro atoms. The Morgan fingerprint density at radius 3 is 2.85 bits per heavy atom. The van der Waals surface area contributed by atoms with E-state index in [-0.39, 0.29) is 0 Å². The topological polar surface area (TPSA) is 78.4 Å². The molecule has 0 aliphatic carbocycles. The van der Waals surface area contributed by atoms with Crippen molar-refractivity contribution in [1.29, 1.82) is 0 Å². The molecule has 2 aromatic heterocycles. The van der Waals surface area contributed by atoms with Gasteiger partial charge in [-0.3, -0.25) is 0 Å². The molecule has 0 saturated heterocycles. The lowest BCUT2D eigenvalue weighted by atomic mass is 10.0. The van der Waals surface area contributed by atoms with Gasteiger partial charge in [-0.1, -0.05) is 32.3 Å². The molecule has 1 unspecified atom stereocenters. The summed E-state index contributed by atoms with van der Waals surface area (Å²) in [5.74, 6) is 1.18. The van der Waals surface area contributed by atoms with Crippen molar-refractivity contribution in [2.45, 2.75) is 52.5 Å². The Morgan fingerprint density at radius 2 is 2.11 bits per heavy atom. The van der Waals surface area contributed by atoms with Crippen molar-refractivity contribution in [3.8, 4) is 5.88 Å². The fourth-order valence-electron chi connectivity index (χ4n) is 3.45. The van der Waals surface area contributed by atoms with E-state index in [1.807, 2.05) is 0 Å². The van der Waals surface area contributed by atoms with Crippen LogP contribution in [-0.4, -0.2) is 40.0 Å². The van der Waals surface area contributed by atoms with Crippen molar-refractivity contribution in [1.82, 2.24) is 8.75 Å². The summed E-state index contributed by atoms with van der Waals surface area (Å²) in [5, 5.41) is 0. The molecule has 1 aliphatic rings. The highest BCUT2D eigenvalue weighted by molar-refractivity contribution is 6.99. The van der Waals surface area contributed by atoms with E-state index >= 15 is 0 Å². The summed E-state index contributed by atoms with van der Waals surface area (Å²) in [7, 11) is 2.16. The maximum Gasteiger partial charge on any atom is 0.519 e. The van der Waals surface area contributed by atoms with Gasteiger partial charge in [-0.05, 0) is 13.3 Å². The molecule has 3 rings (SSSR count). The summed E-state index contributed by atoms with van der Waals surface area (Å²) in [6, 6.07) is 0. The first kappa shape index (κ1) is 19.8. The molecule has 3 heterocycles. The zero-order valence-electron chi connectivity index (χ0n) is 16.3. The van der Waals surface area contributed by atoms with Gasteiger partial charge in [0.1, 0.15) is 18.8 Å². The van der Waals surface area contributed by atoms with Gasteiger partial charge < -0.3 is 18.1 Å². The third-order valence-electron chi connectivity index (χ3n) is 4.97. The first-order valence-corrected chi connectivity index (χ1v) is 10.3. The Kier molecular flexibility index (Phi) is 6.49. The summed E-state index contributed by atoms with van der Waals surface area (Å²) in [5.41, 5.74) is 1.99. The van der Waals surface area contributed by atoms with Crippen molar-refractivity contribution in [3.05, 3.63) is 33.9 Å². The van der Waals surface area contributed by atoms with E-state index in [1.165, 1.54) is 31.0 Å². The van der Waals surface area contributed by atoms with Crippen LogP contribution in [-0.2, 0) is 6.54 Å². The van der Waals surface area contributed by atoms with Crippen molar-refractivity contribution in [2.24, 2.45) is 0 Å². The number of hydrogen-bond acceptors (Lipinski definition) is 7. The second kappa shape index (κ2) is 8.84. The van der Waals surface area contributed by atoms with Crippen molar-refractivity contribution >= 4 is 17.3 Å². The molecule has 0 radical (unpaired) electrons. The first-order chi connectivity index (χ1) is 13.0. The van der Waals surface area contributed by atoms with Crippen LogP contribution in [0.1, 0.15) is 56.2 Å². The molecule has 2 aromatic rings. The maximum atomic E-state index is 11.3. The van der Waals surface area contributed by atoms with E-state index in [0.29, 0.717) is 30.6 Å². The number of ether oxygens (including phenoxy) is 1. The van der Waals surface area contributed by atoms with Crippen LogP contribution in [0.25, 0.3) is 5.57 Å².